The summed E-state index contributed by atoms with van der Waals surface area (Å²) in [6, 6.07) is 8.22. The van der Waals surface area contributed by atoms with Gasteiger partial charge in [0.2, 0.25) is 5.91 Å². The molecule has 21 heavy (non-hydrogen) atoms. The molecular formula is C18H23NO2. The highest BCUT2D eigenvalue weighted by Crippen LogP contribution is 2.40. The zero-order chi connectivity index (χ0) is 14.8. The molecule has 3 heteroatoms. The number of hydrogen-bond donors (Lipinski definition) is 1. The molecule has 2 saturated carbocycles. The third-order valence-electron chi connectivity index (χ3n) is 5.01. The Morgan fingerprint density at radius 2 is 1.76 bits per heavy atom. The van der Waals surface area contributed by atoms with Gasteiger partial charge in [0, 0.05) is 24.3 Å². The van der Waals surface area contributed by atoms with Crippen LogP contribution in [0.2, 0.25) is 0 Å². The predicted octanol–water partition coefficient (Wildman–Crippen LogP) is 3.01. The molecule has 3 rings (SSSR count). The first-order chi connectivity index (χ1) is 10.1. The molecule has 2 atom stereocenters. The number of carbonyl (C=O) groups excluding carboxylic acids is 2. The normalized spacial score (nSPS) is 28.2. The topological polar surface area (TPSA) is 46.2 Å². The first-order valence-corrected chi connectivity index (χ1v) is 8.00. The number of aryl methyl sites for hydroxylation is 1. The minimum Gasteiger partial charge on any atom is -0.352 e. The number of carbonyl (C=O) groups is 2. The van der Waals surface area contributed by atoms with Crippen LogP contribution in [-0.2, 0) is 16.1 Å². The van der Waals surface area contributed by atoms with E-state index in [-0.39, 0.29) is 23.7 Å². The molecule has 2 fully saturated rings. The zero-order valence-corrected chi connectivity index (χ0v) is 12.6. The maximum atomic E-state index is 12.4. The summed E-state index contributed by atoms with van der Waals surface area (Å²) in [4.78, 5) is 24.4. The van der Waals surface area contributed by atoms with E-state index in [4.69, 9.17) is 0 Å². The van der Waals surface area contributed by atoms with Crippen LogP contribution in [0.4, 0.5) is 0 Å². The average molecular weight is 285 g/mol. The molecule has 0 heterocycles. The molecule has 1 aromatic carbocycles. The molecule has 1 aromatic rings. The molecule has 2 aliphatic rings. The monoisotopic (exact) mass is 285 g/mol. The lowest BCUT2D eigenvalue weighted by molar-refractivity contribution is -0.137. The van der Waals surface area contributed by atoms with Gasteiger partial charge in [0.05, 0.1) is 0 Å². The van der Waals surface area contributed by atoms with Crippen LogP contribution in [0, 0.1) is 24.7 Å². The number of ketones is 1. The van der Waals surface area contributed by atoms with E-state index in [0.29, 0.717) is 12.3 Å². The minimum absolute atomic E-state index is 0.0310. The molecule has 1 N–H and O–H groups in total. The van der Waals surface area contributed by atoms with Gasteiger partial charge in [0.25, 0.3) is 0 Å². The van der Waals surface area contributed by atoms with Crippen molar-refractivity contribution in [2.24, 2.45) is 17.8 Å². The van der Waals surface area contributed by atoms with Gasteiger partial charge in [-0.25, -0.2) is 0 Å². The van der Waals surface area contributed by atoms with E-state index in [2.05, 4.69) is 36.5 Å². The molecule has 112 valence electrons. The first kappa shape index (κ1) is 14.3. The minimum atomic E-state index is 0.0310. The molecule has 1 amide bonds. The van der Waals surface area contributed by atoms with Crippen molar-refractivity contribution >= 4 is 11.7 Å². The molecular weight excluding hydrogens is 262 g/mol. The quantitative estimate of drug-likeness (QED) is 0.928. The van der Waals surface area contributed by atoms with Crippen LogP contribution < -0.4 is 5.32 Å². The number of amides is 1. The van der Waals surface area contributed by atoms with E-state index >= 15 is 0 Å². The standard InChI is InChI=1S/C18H23NO2/c1-12-5-7-13(8-6-12)11-19-18(21)16-9-14-3-2-4-15(10-16)17(14)20/h5-8,14-16H,2-4,9-11H2,1H3,(H,19,21). The Labute approximate surface area is 126 Å². The van der Waals surface area contributed by atoms with Gasteiger partial charge in [-0.2, -0.15) is 0 Å². The van der Waals surface area contributed by atoms with E-state index in [1.807, 2.05) is 0 Å². The van der Waals surface area contributed by atoms with Gasteiger partial charge >= 0.3 is 0 Å². The third kappa shape index (κ3) is 3.17. The number of benzene rings is 1. The van der Waals surface area contributed by atoms with Crippen molar-refractivity contribution in [3.05, 3.63) is 35.4 Å². The van der Waals surface area contributed by atoms with Crippen LogP contribution in [0.25, 0.3) is 0 Å². The highest BCUT2D eigenvalue weighted by Gasteiger charge is 2.41. The summed E-state index contributed by atoms with van der Waals surface area (Å²) < 4.78 is 0. The number of rotatable bonds is 3. The van der Waals surface area contributed by atoms with Crippen molar-refractivity contribution in [1.29, 1.82) is 0 Å². The fourth-order valence-corrected chi connectivity index (χ4v) is 3.73. The van der Waals surface area contributed by atoms with Crippen LogP contribution in [0.1, 0.15) is 43.2 Å². The maximum absolute atomic E-state index is 12.4. The Morgan fingerprint density at radius 1 is 1.14 bits per heavy atom. The van der Waals surface area contributed by atoms with E-state index in [1.54, 1.807) is 0 Å². The molecule has 2 bridgehead atoms. The van der Waals surface area contributed by atoms with Crippen molar-refractivity contribution < 1.29 is 9.59 Å². The summed E-state index contributed by atoms with van der Waals surface area (Å²) in [6.07, 6.45) is 4.64. The first-order valence-electron chi connectivity index (χ1n) is 8.00. The Kier molecular flexibility index (Phi) is 4.09. The number of nitrogens with one attached hydrogen (secondary N) is 1. The highest BCUT2D eigenvalue weighted by molar-refractivity contribution is 5.88. The summed E-state index contributed by atoms with van der Waals surface area (Å²) >= 11 is 0. The lowest BCUT2D eigenvalue weighted by atomic mass is 9.67. The molecule has 0 spiro atoms. The second-order valence-electron chi connectivity index (χ2n) is 6.60. The van der Waals surface area contributed by atoms with Gasteiger partial charge in [0.15, 0.2) is 0 Å². The number of hydrogen-bond acceptors (Lipinski definition) is 2. The van der Waals surface area contributed by atoms with Gasteiger partial charge in [-0.05, 0) is 38.2 Å². The Morgan fingerprint density at radius 3 is 2.38 bits per heavy atom. The highest BCUT2D eigenvalue weighted by atomic mass is 16.2. The molecule has 2 aliphatic carbocycles. The molecule has 3 nitrogen and oxygen atoms in total. The predicted molar refractivity (Wildman–Crippen MR) is 81.6 cm³/mol. The largest absolute Gasteiger partial charge is 0.352 e. The fourth-order valence-electron chi connectivity index (χ4n) is 3.73. The van der Waals surface area contributed by atoms with Gasteiger partial charge < -0.3 is 5.32 Å². The zero-order valence-electron chi connectivity index (χ0n) is 12.6. The van der Waals surface area contributed by atoms with Crippen molar-refractivity contribution in [2.45, 2.75) is 45.6 Å². The fraction of sp³-hybridized carbons (Fsp3) is 0.556. The van der Waals surface area contributed by atoms with E-state index in [0.717, 1.165) is 37.7 Å². The lowest BCUT2D eigenvalue weighted by Gasteiger charge is -2.36. The van der Waals surface area contributed by atoms with Crippen molar-refractivity contribution in [1.82, 2.24) is 5.32 Å². The van der Waals surface area contributed by atoms with Crippen LogP contribution >= 0.6 is 0 Å². The number of Topliss-reactive ketones (excluding diaryl/α,β-unsaturated/α-hetero) is 1. The molecule has 0 radical (unpaired) electrons. The summed E-state index contributed by atoms with van der Waals surface area (Å²) in [5.74, 6) is 0.868. The van der Waals surface area contributed by atoms with Gasteiger partial charge in [-0.1, -0.05) is 36.2 Å². The summed E-state index contributed by atoms with van der Waals surface area (Å²) in [5, 5.41) is 3.04. The Hall–Kier alpha value is -1.64. The van der Waals surface area contributed by atoms with E-state index < -0.39 is 0 Å². The van der Waals surface area contributed by atoms with Gasteiger partial charge in [-0.3, -0.25) is 9.59 Å². The van der Waals surface area contributed by atoms with Crippen LogP contribution in [0.15, 0.2) is 24.3 Å². The van der Waals surface area contributed by atoms with Gasteiger partial charge in [0.1, 0.15) is 5.78 Å². The Balaban J connectivity index is 1.56. The van der Waals surface area contributed by atoms with Crippen LogP contribution in [0.3, 0.4) is 0 Å². The molecule has 2 unspecified atom stereocenters. The molecule has 0 aliphatic heterocycles. The second kappa shape index (κ2) is 6.00. The van der Waals surface area contributed by atoms with Crippen molar-refractivity contribution in [3.8, 4) is 0 Å². The summed E-state index contributed by atoms with van der Waals surface area (Å²) in [5.41, 5.74) is 2.35. The maximum Gasteiger partial charge on any atom is 0.223 e. The lowest BCUT2D eigenvalue weighted by Crippen LogP contribution is -2.42. The van der Waals surface area contributed by atoms with E-state index in [1.165, 1.54) is 5.56 Å². The van der Waals surface area contributed by atoms with Gasteiger partial charge in [-0.15, -0.1) is 0 Å². The molecule has 0 saturated heterocycles. The third-order valence-corrected chi connectivity index (χ3v) is 5.01. The SMILES string of the molecule is Cc1ccc(CNC(=O)C2CC3CCCC(C2)C3=O)cc1. The van der Waals surface area contributed by atoms with Crippen LogP contribution in [-0.4, -0.2) is 11.7 Å². The van der Waals surface area contributed by atoms with Crippen LogP contribution in [0.5, 0.6) is 0 Å². The number of fused-ring (bicyclic) bond motifs is 2. The van der Waals surface area contributed by atoms with E-state index in [9.17, 15) is 9.59 Å². The van der Waals surface area contributed by atoms with Crippen molar-refractivity contribution in [2.75, 3.05) is 0 Å². The smallest absolute Gasteiger partial charge is 0.223 e. The average Bonchev–Trinajstić information content (AvgIpc) is 2.46. The Bertz CT molecular complexity index is 519. The summed E-state index contributed by atoms with van der Waals surface area (Å²) in [6.45, 7) is 2.64. The second-order valence-corrected chi connectivity index (χ2v) is 6.60. The van der Waals surface area contributed by atoms with Crippen molar-refractivity contribution in [3.63, 3.8) is 0 Å². The summed E-state index contributed by atoms with van der Waals surface area (Å²) in [7, 11) is 0. The molecule has 0 aromatic heterocycles.